The molecule has 0 aromatic carbocycles. The number of hydrogen-bond donors (Lipinski definition) is 0. The van der Waals surface area contributed by atoms with Crippen LogP contribution in [-0.2, 0) is 32.0 Å². The molecule has 6 heteroatoms. The summed E-state index contributed by atoms with van der Waals surface area (Å²) in [6.45, 7) is 0. The van der Waals surface area contributed by atoms with Crippen molar-refractivity contribution in [2.24, 2.45) is 0 Å². The van der Waals surface area contributed by atoms with Gasteiger partial charge in [0, 0.05) is 0 Å². The van der Waals surface area contributed by atoms with Gasteiger partial charge in [-0.1, -0.05) is 0 Å². The van der Waals surface area contributed by atoms with E-state index in [4.69, 9.17) is 19.8 Å². The molecule has 0 fully saturated rings. The van der Waals surface area contributed by atoms with Crippen LogP contribution in [0.4, 0.5) is 0 Å². The van der Waals surface area contributed by atoms with E-state index in [1.54, 1.807) is 0 Å². The molecule has 5 nitrogen and oxygen atoms in total. The Hall–Kier alpha value is -0.360. The van der Waals surface area contributed by atoms with Gasteiger partial charge in [0.25, 0.3) is 0 Å². The van der Waals surface area contributed by atoms with E-state index >= 15 is 0 Å². The smallest absolute Gasteiger partial charge is 0.543 e. The van der Waals surface area contributed by atoms with Crippen LogP contribution in [0, 0.1) is 0 Å². The van der Waals surface area contributed by atoms with Crippen molar-refractivity contribution in [3.8, 4) is 0 Å². The molecular weight excluding hydrogens is 212 g/mol. The van der Waals surface area contributed by atoms with E-state index in [0.717, 1.165) is 0 Å². The summed E-state index contributed by atoms with van der Waals surface area (Å²) in [4.78, 5) is 17.9. The fourth-order valence-corrected chi connectivity index (χ4v) is 0. The molecule has 8 heavy (non-hydrogen) atoms. The Labute approximate surface area is 60.1 Å². The first-order chi connectivity index (χ1) is 2.64. The van der Waals surface area contributed by atoms with E-state index in [1.807, 2.05) is 0 Å². The molecule has 0 rings (SSSR count). The second-order valence-corrected chi connectivity index (χ2v) is 0.575. The number of hydrogen-bond acceptors (Lipinski definition) is 4. The number of carbonyl (C=O) groups is 2. The number of aliphatic carboxylic acids is 2. The summed E-state index contributed by atoms with van der Waals surface area (Å²) in [7, 11) is 0. The molecule has 0 aliphatic heterocycles. The predicted molar refractivity (Wildman–Crippen MR) is 13.6 cm³/mol. The molecule has 0 atom stereocenters. The summed E-state index contributed by atoms with van der Waals surface area (Å²) in [6, 6.07) is 0. The van der Waals surface area contributed by atoms with Gasteiger partial charge in [-0.25, -0.2) is 0 Å². The van der Waals surface area contributed by atoms with Gasteiger partial charge in [-0.15, -0.1) is 0 Å². The average Bonchev–Trinajstić information content (AvgIpc) is 1.36. The zero-order valence-corrected chi connectivity index (χ0v) is 4.92. The van der Waals surface area contributed by atoms with Crippen LogP contribution in [0.1, 0.15) is 0 Å². The summed E-state index contributed by atoms with van der Waals surface area (Å²) in [5.41, 5.74) is 0. The standard InChI is InChI=1S/C2H2O4.Ag.H2O/c3-1(4)2(5)6;;/h(H,3,4)(H,5,6);;1H2/q;+2;/p-2. The summed E-state index contributed by atoms with van der Waals surface area (Å²) in [5.74, 6) is -4.37. The Balaban J connectivity index is -0.000000125. The molecule has 2 N–H and O–H groups in total. The molecule has 0 bridgehead atoms. The molecule has 0 unspecified atom stereocenters. The van der Waals surface area contributed by atoms with Gasteiger partial charge in [-0.3, -0.25) is 0 Å². The molecular formula is C2H2AgO5. The third-order valence-corrected chi connectivity index (χ3v) is 0.167. The van der Waals surface area contributed by atoms with Crippen molar-refractivity contribution < 1.29 is 47.7 Å². The normalized spacial score (nSPS) is 5.50. The van der Waals surface area contributed by atoms with Crippen molar-refractivity contribution in [3.63, 3.8) is 0 Å². The Bertz CT molecular complexity index is 76.4. The number of carboxylic acid groups (broad SMARTS) is 2. The number of carbonyl (C=O) groups excluding carboxylic acids is 2. The molecule has 0 aromatic heterocycles. The van der Waals surface area contributed by atoms with E-state index in [9.17, 15) is 0 Å². The molecule has 0 heterocycles. The number of rotatable bonds is 0. The zero-order valence-electron chi connectivity index (χ0n) is 3.43. The van der Waals surface area contributed by atoms with Gasteiger partial charge in [-0.2, -0.15) is 0 Å². The Morgan fingerprint density at radius 3 is 1.12 bits per heavy atom. The van der Waals surface area contributed by atoms with Crippen LogP contribution < -0.4 is 10.2 Å². The average molecular weight is 214 g/mol. The Morgan fingerprint density at radius 2 is 1.12 bits per heavy atom. The van der Waals surface area contributed by atoms with Gasteiger partial charge in [0.15, 0.2) is 0 Å². The van der Waals surface area contributed by atoms with Gasteiger partial charge in [0.1, 0.15) is 0 Å². The van der Waals surface area contributed by atoms with Crippen molar-refractivity contribution in [1.82, 2.24) is 0 Å². The second kappa shape index (κ2) is 6.64. The number of carboxylic acids is 2. The monoisotopic (exact) mass is 213 g/mol. The van der Waals surface area contributed by atoms with Gasteiger partial charge in [0.05, 0.1) is 11.9 Å². The summed E-state index contributed by atoms with van der Waals surface area (Å²) < 4.78 is 0. The first-order valence-corrected chi connectivity index (χ1v) is 1.07. The van der Waals surface area contributed by atoms with Gasteiger partial charge in [0.2, 0.25) is 0 Å². The van der Waals surface area contributed by atoms with Crippen LogP contribution in [0.15, 0.2) is 0 Å². The Morgan fingerprint density at radius 1 is 1.00 bits per heavy atom. The first kappa shape index (κ1) is 15.6. The minimum absolute atomic E-state index is 0. The first-order valence-electron chi connectivity index (χ1n) is 1.07. The fourth-order valence-electron chi connectivity index (χ4n) is 0. The SMILES string of the molecule is O.O=C([O-])C(=O)[O-].[Ag+2]. The van der Waals surface area contributed by atoms with Crippen LogP contribution in [-0.4, -0.2) is 17.4 Å². The summed E-state index contributed by atoms with van der Waals surface area (Å²) in [6.07, 6.45) is 0. The molecule has 0 aromatic rings. The van der Waals surface area contributed by atoms with Crippen LogP contribution >= 0.6 is 0 Å². The van der Waals surface area contributed by atoms with E-state index in [2.05, 4.69) is 0 Å². The Kier molecular flexibility index (Phi) is 13.0. The van der Waals surface area contributed by atoms with E-state index in [1.165, 1.54) is 0 Å². The fraction of sp³-hybridized carbons (Fsp3) is 0. The zero-order chi connectivity index (χ0) is 5.15. The quantitative estimate of drug-likeness (QED) is 0.299. The van der Waals surface area contributed by atoms with Crippen LogP contribution in [0.2, 0.25) is 0 Å². The maximum atomic E-state index is 8.93. The summed E-state index contributed by atoms with van der Waals surface area (Å²) >= 11 is 0. The second-order valence-electron chi connectivity index (χ2n) is 0.575. The van der Waals surface area contributed by atoms with Gasteiger partial charge < -0.3 is 25.3 Å². The van der Waals surface area contributed by atoms with Crippen molar-refractivity contribution in [3.05, 3.63) is 0 Å². The van der Waals surface area contributed by atoms with Gasteiger partial charge in [-0.05, 0) is 0 Å². The molecule has 0 saturated carbocycles. The molecule has 0 amide bonds. The van der Waals surface area contributed by atoms with Crippen LogP contribution in [0.5, 0.6) is 0 Å². The maximum absolute atomic E-state index is 8.93. The molecule has 0 aliphatic rings. The molecule has 0 saturated heterocycles. The molecule has 0 aliphatic carbocycles. The van der Waals surface area contributed by atoms with Crippen molar-refractivity contribution in [2.45, 2.75) is 0 Å². The maximum Gasteiger partial charge on any atom is 2.00 e. The third-order valence-electron chi connectivity index (χ3n) is 0.167. The molecule has 51 valence electrons. The van der Waals surface area contributed by atoms with Gasteiger partial charge >= 0.3 is 22.4 Å². The largest absolute Gasteiger partial charge is 2.00 e. The topological polar surface area (TPSA) is 112 Å². The van der Waals surface area contributed by atoms with Crippen LogP contribution in [0.3, 0.4) is 0 Å². The van der Waals surface area contributed by atoms with Crippen molar-refractivity contribution in [1.29, 1.82) is 0 Å². The third kappa shape index (κ3) is 9.16. The van der Waals surface area contributed by atoms with Crippen molar-refractivity contribution >= 4 is 11.9 Å². The summed E-state index contributed by atoms with van der Waals surface area (Å²) in [5, 5.41) is 17.9. The molecule has 1 radical (unpaired) electrons. The van der Waals surface area contributed by atoms with E-state index in [0.29, 0.717) is 0 Å². The minimum Gasteiger partial charge on any atom is -0.543 e. The molecule has 0 spiro atoms. The van der Waals surface area contributed by atoms with E-state index in [-0.39, 0.29) is 27.9 Å². The van der Waals surface area contributed by atoms with Crippen molar-refractivity contribution in [2.75, 3.05) is 0 Å². The van der Waals surface area contributed by atoms with E-state index < -0.39 is 11.9 Å². The van der Waals surface area contributed by atoms with Crippen LogP contribution in [0.25, 0.3) is 0 Å². The predicted octanol–water partition coefficient (Wildman–Crippen LogP) is -4.34. The minimum atomic E-state index is -2.19.